The van der Waals surface area contributed by atoms with Gasteiger partial charge in [0.2, 0.25) is 0 Å². The van der Waals surface area contributed by atoms with E-state index in [0.717, 1.165) is 32.0 Å². The lowest BCUT2D eigenvalue weighted by molar-refractivity contribution is 0.124. The summed E-state index contributed by atoms with van der Waals surface area (Å²) in [6, 6.07) is 5.18. The zero-order chi connectivity index (χ0) is 19.7. The maximum absolute atomic E-state index is 13.9. The number of aromatic amines is 1. The number of rotatable bonds is 5. The van der Waals surface area contributed by atoms with E-state index in [4.69, 9.17) is 4.74 Å². The molecule has 0 aliphatic carbocycles. The zero-order valence-electron chi connectivity index (χ0n) is 15.6. The molecule has 0 unspecified atom stereocenters. The van der Waals surface area contributed by atoms with E-state index in [2.05, 4.69) is 22.2 Å². The highest BCUT2D eigenvalue weighted by molar-refractivity contribution is 5.98. The first-order valence-corrected chi connectivity index (χ1v) is 9.34. The van der Waals surface area contributed by atoms with Crippen molar-refractivity contribution in [2.75, 3.05) is 19.7 Å². The SMILES string of the molecule is CC1(COc2ccnc3[nH]cc(-c4cc(F)cc(C(F)F)c4)c23)CCNCC1. The minimum absolute atomic E-state index is 0.0685. The smallest absolute Gasteiger partial charge is 0.263 e. The lowest BCUT2D eigenvalue weighted by atomic mass is 9.82. The Balaban J connectivity index is 1.71. The summed E-state index contributed by atoms with van der Waals surface area (Å²) in [5, 5.41) is 4.02. The van der Waals surface area contributed by atoms with Crippen LogP contribution in [0, 0.1) is 11.2 Å². The second-order valence-corrected chi connectivity index (χ2v) is 7.66. The third kappa shape index (κ3) is 3.71. The van der Waals surface area contributed by atoms with Gasteiger partial charge < -0.3 is 15.0 Å². The first-order chi connectivity index (χ1) is 13.5. The van der Waals surface area contributed by atoms with Gasteiger partial charge in [0, 0.05) is 28.9 Å². The summed E-state index contributed by atoms with van der Waals surface area (Å²) in [5.41, 5.74) is 1.25. The van der Waals surface area contributed by atoms with Gasteiger partial charge >= 0.3 is 0 Å². The molecule has 0 saturated carbocycles. The Morgan fingerprint density at radius 3 is 2.75 bits per heavy atom. The zero-order valence-corrected chi connectivity index (χ0v) is 15.6. The number of piperidine rings is 1. The van der Waals surface area contributed by atoms with E-state index >= 15 is 0 Å². The van der Waals surface area contributed by atoms with Gasteiger partial charge in [0.15, 0.2) is 0 Å². The molecule has 0 spiro atoms. The van der Waals surface area contributed by atoms with Gasteiger partial charge in [0.05, 0.1) is 12.0 Å². The van der Waals surface area contributed by atoms with Crippen molar-refractivity contribution in [2.45, 2.75) is 26.2 Å². The molecule has 4 rings (SSSR count). The second-order valence-electron chi connectivity index (χ2n) is 7.66. The number of alkyl halides is 2. The molecule has 0 amide bonds. The van der Waals surface area contributed by atoms with Crippen LogP contribution in [-0.2, 0) is 0 Å². The molecule has 1 saturated heterocycles. The van der Waals surface area contributed by atoms with E-state index < -0.39 is 12.2 Å². The van der Waals surface area contributed by atoms with Crippen molar-refractivity contribution >= 4 is 11.0 Å². The number of halogens is 3. The molecule has 1 aliphatic rings. The molecular formula is C21H22F3N3O. The fourth-order valence-corrected chi connectivity index (χ4v) is 3.69. The number of aromatic nitrogens is 2. The molecule has 1 fully saturated rings. The van der Waals surface area contributed by atoms with Gasteiger partial charge in [0.25, 0.3) is 6.43 Å². The molecule has 1 aromatic carbocycles. The summed E-state index contributed by atoms with van der Waals surface area (Å²) in [7, 11) is 0. The van der Waals surface area contributed by atoms with Crippen molar-refractivity contribution in [3.8, 4) is 16.9 Å². The summed E-state index contributed by atoms with van der Waals surface area (Å²) < 4.78 is 46.3. The number of nitrogens with zero attached hydrogens (tertiary/aromatic N) is 1. The van der Waals surface area contributed by atoms with Crippen LogP contribution in [0.3, 0.4) is 0 Å². The van der Waals surface area contributed by atoms with Gasteiger partial charge in [-0.2, -0.15) is 0 Å². The number of nitrogens with one attached hydrogen (secondary N) is 2. The van der Waals surface area contributed by atoms with E-state index in [1.54, 1.807) is 18.5 Å². The van der Waals surface area contributed by atoms with Crippen LogP contribution in [0.25, 0.3) is 22.2 Å². The Hall–Kier alpha value is -2.54. The lowest BCUT2D eigenvalue weighted by Crippen LogP contribution is -2.38. The third-order valence-electron chi connectivity index (χ3n) is 5.41. The van der Waals surface area contributed by atoms with Crippen molar-refractivity contribution in [2.24, 2.45) is 5.41 Å². The summed E-state index contributed by atoms with van der Waals surface area (Å²) in [4.78, 5) is 7.32. The Morgan fingerprint density at radius 2 is 2.00 bits per heavy atom. The van der Waals surface area contributed by atoms with Crippen LogP contribution < -0.4 is 10.1 Å². The van der Waals surface area contributed by atoms with Crippen LogP contribution in [0.15, 0.2) is 36.7 Å². The summed E-state index contributed by atoms with van der Waals surface area (Å²) in [6.45, 7) is 4.66. The van der Waals surface area contributed by atoms with E-state index in [9.17, 15) is 13.2 Å². The van der Waals surface area contributed by atoms with Crippen LogP contribution in [0.2, 0.25) is 0 Å². The molecule has 3 heterocycles. The van der Waals surface area contributed by atoms with Crippen molar-refractivity contribution in [3.05, 3.63) is 48.0 Å². The Morgan fingerprint density at radius 1 is 1.21 bits per heavy atom. The van der Waals surface area contributed by atoms with Crippen LogP contribution in [0.4, 0.5) is 13.2 Å². The molecule has 0 radical (unpaired) electrons. The molecule has 0 bridgehead atoms. The van der Waals surface area contributed by atoms with Crippen LogP contribution in [-0.4, -0.2) is 29.7 Å². The fraction of sp³-hybridized carbons (Fsp3) is 0.381. The predicted molar refractivity (Wildman–Crippen MR) is 102 cm³/mol. The largest absolute Gasteiger partial charge is 0.492 e. The van der Waals surface area contributed by atoms with Crippen LogP contribution >= 0.6 is 0 Å². The quantitative estimate of drug-likeness (QED) is 0.640. The van der Waals surface area contributed by atoms with E-state index in [1.165, 1.54) is 12.1 Å². The maximum atomic E-state index is 13.9. The van der Waals surface area contributed by atoms with Crippen LogP contribution in [0.1, 0.15) is 31.8 Å². The molecule has 3 aromatic rings. The monoisotopic (exact) mass is 389 g/mol. The van der Waals surface area contributed by atoms with Crippen molar-refractivity contribution in [1.82, 2.24) is 15.3 Å². The number of H-pyrrole nitrogens is 1. The lowest BCUT2D eigenvalue weighted by Gasteiger charge is -2.33. The first kappa shape index (κ1) is 18.8. The molecule has 2 N–H and O–H groups in total. The molecule has 28 heavy (non-hydrogen) atoms. The van der Waals surface area contributed by atoms with Crippen molar-refractivity contribution in [3.63, 3.8) is 0 Å². The first-order valence-electron chi connectivity index (χ1n) is 9.34. The van der Waals surface area contributed by atoms with E-state index in [0.29, 0.717) is 34.5 Å². The average molecular weight is 389 g/mol. The predicted octanol–water partition coefficient (Wildman–Crippen LogP) is 5.08. The standard InChI is InChI=1S/C21H22F3N3O/c1-21(3-6-25-7-4-21)12-28-17-2-5-26-20-18(17)16(11-27-20)13-8-14(19(23)24)10-15(22)9-13/h2,5,8-11,19,25H,3-4,6-7,12H2,1H3,(H,26,27). The third-order valence-corrected chi connectivity index (χ3v) is 5.41. The topological polar surface area (TPSA) is 49.9 Å². The molecule has 0 atom stereocenters. The Bertz CT molecular complexity index is 980. The highest BCUT2D eigenvalue weighted by Crippen LogP contribution is 2.37. The number of hydrogen-bond acceptors (Lipinski definition) is 3. The molecular weight excluding hydrogens is 367 g/mol. The van der Waals surface area contributed by atoms with Crippen LogP contribution in [0.5, 0.6) is 5.75 Å². The average Bonchev–Trinajstić information content (AvgIpc) is 3.11. The summed E-state index contributed by atoms with van der Waals surface area (Å²) >= 11 is 0. The minimum Gasteiger partial charge on any atom is -0.492 e. The number of benzene rings is 1. The normalized spacial score (nSPS) is 16.6. The number of pyridine rings is 1. The van der Waals surface area contributed by atoms with Gasteiger partial charge in [0.1, 0.15) is 17.2 Å². The molecule has 4 nitrogen and oxygen atoms in total. The Kier molecular flexibility index (Phi) is 5.02. The van der Waals surface area contributed by atoms with Gasteiger partial charge in [-0.25, -0.2) is 18.2 Å². The van der Waals surface area contributed by atoms with Gasteiger partial charge in [-0.1, -0.05) is 6.92 Å². The highest BCUT2D eigenvalue weighted by atomic mass is 19.3. The number of hydrogen-bond donors (Lipinski definition) is 2. The number of ether oxygens (including phenoxy) is 1. The molecule has 1 aliphatic heterocycles. The highest BCUT2D eigenvalue weighted by Gasteiger charge is 2.28. The van der Waals surface area contributed by atoms with E-state index in [1.807, 2.05) is 0 Å². The number of fused-ring (bicyclic) bond motifs is 1. The van der Waals surface area contributed by atoms with E-state index in [-0.39, 0.29) is 11.0 Å². The van der Waals surface area contributed by atoms with Gasteiger partial charge in [-0.3, -0.25) is 0 Å². The molecule has 7 heteroatoms. The summed E-state index contributed by atoms with van der Waals surface area (Å²) in [6.07, 6.45) is 2.58. The second kappa shape index (κ2) is 7.47. The van der Waals surface area contributed by atoms with Crippen molar-refractivity contribution < 1.29 is 17.9 Å². The van der Waals surface area contributed by atoms with Gasteiger partial charge in [-0.15, -0.1) is 0 Å². The van der Waals surface area contributed by atoms with Crippen molar-refractivity contribution in [1.29, 1.82) is 0 Å². The summed E-state index contributed by atoms with van der Waals surface area (Å²) in [5.74, 6) is -0.0837. The minimum atomic E-state index is -2.74. The molecule has 148 valence electrons. The Labute approximate surface area is 161 Å². The molecule has 2 aromatic heterocycles. The fourth-order valence-electron chi connectivity index (χ4n) is 3.69. The maximum Gasteiger partial charge on any atom is 0.263 e. The van der Waals surface area contributed by atoms with Gasteiger partial charge in [-0.05, 0) is 55.8 Å².